The first kappa shape index (κ1) is 18.5. The Morgan fingerprint density at radius 2 is 1.81 bits per heavy atom. The van der Waals surface area contributed by atoms with Gasteiger partial charge in [-0.25, -0.2) is 0 Å². The fourth-order valence-corrected chi connectivity index (χ4v) is 3.34. The van der Waals surface area contributed by atoms with Gasteiger partial charge in [-0.15, -0.1) is 0 Å². The molecule has 136 valence electrons. The second kappa shape index (κ2) is 7.92. The van der Waals surface area contributed by atoms with Crippen LogP contribution in [0.2, 0.25) is 5.02 Å². The molecule has 3 rings (SSSR count). The van der Waals surface area contributed by atoms with Gasteiger partial charge in [0.25, 0.3) is 5.91 Å². The average molecular weight is 371 g/mol. The molecule has 5 heteroatoms. The minimum absolute atomic E-state index is 0.00269. The van der Waals surface area contributed by atoms with Crippen molar-refractivity contribution in [2.75, 3.05) is 18.4 Å². The monoisotopic (exact) mass is 370 g/mol. The molecule has 1 saturated heterocycles. The first-order valence-electron chi connectivity index (χ1n) is 8.87. The van der Waals surface area contributed by atoms with Crippen LogP contribution in [-0.4, -0.2) is 29.8 Å². The molecule has 26 heavy (non-hydrogen) atoms. The second-order valence-electron chi connectivity index (χ2n) is 6.89. The van der Waals surface area contributed by atoms with Crippen LogP contribution in [0.5, 0.6) is 0 Å². The summed E-state index contributed by atoms with van der Waals surface area (Å²) in [4.78, 5) is 27.2. The number of hydrogen-bond acceptors (Lipinski definition) is 2. The molecule has 1 unspecified atom stereocenters. The lowest BCUT2D eigenvalue weighted by Gasteiger charge is -2.32. The van der Waals surface area contributed by atoms with Gasteiger partial charge in [-0.3, -0.25) is 9.59 Å². The van der Waals surface area contributed by atoms with Crippen molar-refractivity contribution in [3.8, 4) is 0 Å². The molecule has 4 nitrogen and oxygen atoms in total. The number of piperidine rings is 1. The average Bonchev–Trinajstić information content (AvgIpc) is 2.65. The molecule has 1 aliphatic rings. The quantitative estimate of drug-likeness (QED) is 0.867. The summed E-state index contributed by atoms with van der Waals surface area (Å²) < 4.78 is 0. The number of hydrogen-bond donors (Lipinski definition) is 1. The normalized spacial score (nSPS) is 17.0. The maximum absolute atomic E-state index is 12.8. The van der Waals surface area contributed by atoms with E-state index < -0.39 is 0 Å². The van der Waals surface area contributed by atoms with Crippen LogP contribution in [-0.2, 0) is 4.79 Å². The van der Waals surface area contributed by atoms with Gasteiger partial charge < -0.3 is 10.2 Å². The Bertz CT molecular complexity index is 817. The number of aryl methyl sites for hydroxylation is 2. The van der Waals surface area contributed by atoms with E-state index in [0.29, 0.717) is 23.7 Å². The molecule has 1 N–H and O–H groups in total. The van der Waals surface area contributed by atoms with Crippen molar-refractivity contribution >= 4 is 29.1 Å². The van der Waals surface area contributed by atoms with Gasteiger partial charge in [-0.2, -0.15) is 0 Å². The van der Waals surface area contributed by atoms with Crippen molar-refractivity contribution < 1.29 is 9.59 Å². The van der Waals surface area contributed by atoms with Crippen LogP contribution in [0, 0.1) is 19.8 Å². The molecule has 2 aromatic rings. The van der Waals surface area contributed by atoms with Crippen LogP contribution in [0.4, 0.5) is 5.69 Å². The summed E-state index contributed by atoms with van der Waals surface area (Å²) in [5.74, 6) is -0.253. The molecule has 0 aromatic heterocycles. The van der Waals surface area contributed by atoms with E-state index in [4.69, 9.17) is 11.6 Å². The first-order chi connectivity index (χ1) is 12.4. The predicted molar refractivity (Wildman–Crippen MR) is 105 cm³/mol. The van der Waals surface area contributed by atoms with Crippen molar-refractivity contribution in [1.82, 2.24) is 4.90 Å². The van der Waals surface area contributed by atoms with E-state index in [1.807, 2.05) is 32.0 Å². The predicted octanol–water partition coefficient (Wildman–Crippen LogP) is 4.45. The van der Waals surface area contributed by atoms with Crippen LogP contribution in [0.25, 0.3) is 0 Å². The molecule has 1 atom stereocenters. The number of amides is 2. The number of carbonyl (C=O) groups is 2. The largest absolute Gasteiger partial charge is 0.338 e. The Morgan fingerprint density at radius 1 is 1.08 bits per heavy atom. The molecular formula is C21H23ClN2O2. The maximum Gasteiger partial charge on any atom is 0.253 e. The minimum atomic E-state index is -0.199. The summed E-state index contributed by atoms with van der Waals surface area (Å²) in [6.07, 6.45) is 1.62. The van der Waals surface area contributed by atoms with E-state index in [0.717, 1.165) is 24.1 Å². The molecule has 2 amide bonds. The number of benzene rings is 2. The molecule has 0 saturated carbocycles. The van der Waals surface area contributed by atoms with E-state index in [1.54, 1.807) is 29.2 Å². The topological polar surface area (TPSA) is 49.4 Å². The molecule has 1 fully saturated rings. The van der Waals surface area contributed by atoms with E-state index in [1.165, 1.54) is 5.56 Å². The number of carbonyl (C=O) groups excluding carboxylic acids is 2. The van der Waals surface area contributed by atoms with Crippen molar-refractivity contribution in [2.24, 2.45) is 5.92 Å². The minimum Gasteiger partial charge on any atom is -0.338 e. The summed E-state index contributed by atoms with van der Waals surface area (Å²) in [6.45, 7) is 5.17. The zero-order chi connectivity index (χ0) is 18.7. The third-order valence-corrected chi connectivity index (χ3v) is 5.20. The fourth-order valence-electron chi connectivity index (χ4n) is 3.21. The van der Waals surface area contributed by atoms with Gasteiger partial charge in [-0.1, -0.05) is 17.7 Å². The van der Waals surface area contributed by atoms with Crippen molar-refractivity contribution in [3.05, 3.63) is 64.2 Å². The number of halogens is 1. The lowest BCUT2D eigenvalue weighted by Crippen LogP contribution is -2.43. The highest BCUT2D eigenvalue weighted by Crippen LogP contribution is 2.22. The van der Waals surface area contributed by atoms with Gasteiger partial charge in [0.05, 0.1) is 5.92 Å². The van der Waals surface area contributed by atoms with Crippen LogP contribution >= 0.6 is 11.6 Å². The number of nitrogens with zero attached hydrogens (tertiary/aromatic N) is 1. The van der Waals surface area contributed by atoms with Crippen LogP contribution in [0.3, 0.4) is 0 Å². The van der Waals surface area contributed by atoms with Gasteiger partial charge in [0.2, 0.25) is 5.91 Å². The van der Waals surface area contributed by atoms with Crippen molar-refractivity contribution in [2.45, 2.75) is 26.7 Å². The Balaban J connectivity index is 1.66. The molecule has 0 spiro atoms. The Morgan fingerprint density at radius 3 is 2.50 bits per heavy atom. The summed E-state index contributed by atoms with van der Waals surface area (Å²) in [5, 5.41) is 3.55. The number of nitrogens with one attached hydrogen (secondary N) is 1. The highest BCUT2D eigenvalue weighted by molar-refractivity contribution is 6.30. The number of likely N-dealkylation sites (tertiary alicyclic amines) is 1. The Labute approximate surface area is 159 Å². The van der Waals surface area contributed by atoms with Gasteiger partial charge >= 0.3 is 0 Å². The molecule has 0 bridgehead atoms. The van der Waals surface area contributed by atoms with E-state index in [9.17, 15) is 9.59 Å². The van der Waals surface area contributed by atoms with Gasteiger partial charge in [0.1, 0.15) is 0 Å². The first-order valence-corrected chi connectivity index (χ1v) is 9.25. The third kappa shape index (κ3) is 4.25. The Kier molecular flexibility index (Phi) is 5.62. The zero-order valence-electron chi connectivity index (χ0n) is 15.1. The van der Waals surface area contributed by atoms with Gasteiger partial charge in [-0.05, 0) is 74.2 Å². The second-order valence-corrected chi connectivity index (χ2v) is 7.32. The van der Waals surface area contributed by atoms with Gasteiger partial charge in [0.15, 0.2) is 0 Å². The SMILES string of the molecule is Cc1ccc(C(=O)N2CCCC(C(=O)Nc3ccc(Cl)cc3)C2)cc1C. The van der Waals surface area contributed by atoms with E-state index in [2.05, 4.69) is 5.32 Å². The van der Waals surface area contributed by atoms with Crippen LogP contribution in [0.1, 0.15) is 34.3 Å². The van der Waals surface area contributed by atoms with Crippen LogP contribution in [0.15, 0.2) is 42.5 Å². The molecule has 1 heterocycles. The van der Waals surface area contributed by atoms with E-state index >= 15 is 0 Å². The smallest absolute Gasteiger partial charge is 0.253 e. The van der Waals surface area contributed by atoms with E-state index in [-0.39, 0.29) is 17.7 Å². The van der Waals surface area contributed by atoms with Gasteiger partial charge in [0, 0.05) is 29.4 Å². The van der Waals surface area contributed by atoms with Crippen LogP contribution < -0.4 is 5.32 Å². The standard InChI is InChI=1S/C21H23ClN2O2/c1-14-5-6-16(12-15(14)2)21(26)24-11-3-4-17(13-24)20(25)23-19-9-7-18(22)8-10-19/h5-10,12,17H,3-4,11,13H2,1-2H3,(H,23,25). The summed E-state index contributed by atoms with van der Waals surface area (Å²) in [5.41, 5.74) is 3.68. The third-order valence-electron chi connectivity index (χ3n) is 4.95. The van der Waals surface area contributed by atoms with Crippen molar-refractivity contribution in [1.29, 1.82) is 0 Å². The lowest BCUT2D eigenvalue weighted by molar-refractivity contribution is -0.121. The molecule has 1 aliphatic heterocycles. The summed E-state index contributed by atoms with van der Waals surface area (Å²) in [7, 11) is 0. The molecule has 0 aliphatic carbocycles. The molecule has 0 radical (unpaired) electrons. The lowest BCUT2D eigenvalue weighted by atomic mass is 9.96. The zero-order valence-corrected chi connectivity index (χ0v) is 15.8. The fraction of sp³-hybridized carbons (Fsp3) is 0.333. The molecular weight excluding hydrogens is 348 g/mol. The highest BCUT2D eigenvalue weighted by atomic mass is 35.5. The number of rotatable bonds is 3. The Hall–Kier alpha value is -2.33. The number of anilines is 1. The highest BCUT2D eigenvalue weighted by Gasteiger charge is 2.29. The summed E-state index contributed by atoms with van der Waals surface area (Å²) >= 11 is 5.87. The van der Waals surface area contributed by atoms with Crippen molar-refractivity contribution in [3.63, 3.8) is 0 Å². The maximum atomic E-state index is 12.8. The summed E-state index contributed by atoms with van der Waals surface area (Å²) in [6, 6.07) is 12.8. The molecule has 2 aromatic carbocycles.